The topological polar surface area (TPSA) is 93.4 Å². The third-order valence-corrected chi connectivity index (χ3v) is 6.24. The van der Waals surface area contributed by atoms with E-state index in [-0.39, 0.29) is 4.90 Å². The van der Waals surface area contributed by atoms with Crippen molar-refractivity contribution in [1.82, 2.24) is 14.5 Å². The van der Waals surface area contributed by atoms with E-state index in [4.69, 9.17) is 5.26 Å². The third-order valence-electron chi connectivity index (χ3n) is 4.33. The first-order chi connectivity index (χ1) is 12.4. The Morgan fingerprint density at radius 2 is 1.77 bits per heavy atom. The van der Waals surface area contributed by atoms with E-state index in [0.717, 1.165) is 11.5 Å². The third kappa shape index (κ3) is 3.61. The molecule has 2 aromatic rings. The van der Waals surface area contributed by atoms with Crippen LogP contribution in [0.15, 0.2) is 41.4 Å². The maximum atomic E-state index is 12.8. The highest BCUT2D eigenvalue weighted by molar-refractivity contribution is 7.89. The molecule has 0 unspecified atom stereocenters. The number of aromatic nitrogens is 2. The van der Waals surface area contributed by atoms with E-state index in [1.54, 1.807) is 6.20 Å². The molecule has 1 aromatic carbocycles. The number of benzene rings is 1. The van der Waals surface area contributed by atoms with Crippen molar-refractivity contribution in [3.63, 3.8) is 0 Å². The number of nitrogens with zero attached hydrogens (tertiary/aromatic N) is 6. The largest absolute Gasteiger partial charge is 0.376 e. The lowest BCUT2D eigenvalue weighted by molar-refractivity contribution is 0.383. The Morgan fingerprint density at radius 3 is 2.35 bits per heavy atom. The minimum absolute atomic E-state index is 0.208. The Labute approximate surface area is 153 Å². The van der Waals surface area contributed by atoms with Gasteiger partial charge in [0.1, 0.15) is 0 Å². The quantitative estimate of drug-likeness (QED) is 0.788. The number of sulfonamides is 1. The van der Waals surface area contributed by atoms with E-state index in [1.807, 2.05) is 36.0 Å². The highest BCUT2D eigenvalue weighted by Crippen LogP contribution is 2.22. The molecule has 0 radical (unpaired) electrons. The van der Waals surface area contributed by atoms with Crippen LogP contribution in [0.4, 0.5) is 11.5 Å². The van der Waals surface area contributed by atoms with E-state index < -0.39 is 10.0 Å². The van der Waals surface area contributed by atoms with Crippen LogP contribution in [0.1, 0.15) is 5.56 Å². The van der Waals surface area contributed by atoms with Crippen LogP contribution in [-0.2, 0) is 10.0 Å². The van der Waals surface area contributed by atoms with Gasteiger partial charge in [-0.3, -0.25) is 0 Å². The molecule has 136 valence electrons. The number of nitriles is 1. The summed E-state index contributed by atoms with van der Waals surface area (Å²) >= 11 is 0. The first kappa shape index (κ1) is 18.1. The fraction of sp³-hybridized carbons (Fsp3) is 0.353. The molecule has 9 heteroatoms. The molecule has 0 saturated carbocycles. The molecule has 1 aliphatic rings. The standard InChI is InChI=1S/C17H20N6O2S/c1-21(2)15-11-17(20-19-13-15)22-7-9-23(10-8-22)26(24,25)16-5-3-14(12-18)4-6-16/h3-6,11,13H,7-10H2,1-2H3. The number of hydrogen-bond donors (Lipinski definition) is 0. The first-order valence-electron chi connectivity index (χ1n) is 8.17. The van der Waals surface area contributed by atoms with Gasteiger partial charge in [-0.05, 0) is 24.3 Å². The first-order valence-corrected chi connectivity index (χ1v) is 9.61. The van der Waals surface area contributed by atoms with Gasteiger partial charge in [0, 0.05) is 46.3 Å². The van der Waals surface area contributed by atoms with Gasteiger partial charge in [0.15, 0.2) is 5.82 Å². The van der Waals surface area contributed by atoms with Crippen molar-refractivity contribution in [2.24, 2.45) is 0 Å². The fourth-order valence-electron chi connectivity index (χ4n) is 2.75. The molecule has 0 amide bonds. The van der Waals surface area contributed by atoms with Gasteiger partial charge in [-0.2, -0.15) is 14.7 Å². The zero-order valence-electron chi connectivity index (χ0n) is 14.7. The fourth-order valence-corrected chi connectivity index (χ4v) is 4.17. The summed E-state index contributed by atoms with van der Waals surface area (Å²) in [7, 11) is 0.306. The molecule has 8 nitrogen and oxygen atoms in total. The van der Waals surface area contributed by atoms with Crippen LogP contribution in [-0.4, -0.2) is 63.2 Å². The van der Waals surface area contributed by atoms with E-state index in [2.05, 4.69) is 10.2 Å². The van der Waals surface area contributed by atoms with E-state index in [1.165, 1.54) is 28.6 Å². The van der Waals surface area contributed by atoms with Gasteiger partial charge in [-0.25, -0.2) is 8.42 Å². The summed E-state index contributed by atoms with van der Waals surface area (Å²) in [5, 5.41) is 17.0. The van der Waals surface area contributed by atoms with Crippen molar-refractivity contribution in [3.8, 4) is 6.07 Å². The molecule has 3 rings (SSSR count). The average molecular weight is 372 g/mol. The van der Waals surface area contributed by atoms with Crippen molar-refractivity contribution in [1.29, 1.82) is 5.26 Å². The predicted molar refractivity (Wildman–Crippen MR) is 98.5 cm³/mol. The van der Waals surface area contributed by atoms with Gasteiger partial charge in [0.2, 0.25) is 10.0 Å². The van der Waals surface area contributed by atoms with Crippen LogP contribution >= 0.6 is 0 Å². The van der Waals surface area contributed by atoms with Crippen molar-refractivity contribution < 1.29 is 8.42 Å². The normalized spacial score (nSPS) is 15.5. The molecule has 2 heterocycles. The van der Waals surface area contributed by atoms with Crippen LogP contribution in [0.2, 0.25) is 0 Å². The van der Waals surface area contributed by atoms with Gasteiger partial charge in [-0.15, -0.1) is 5.10 Å². The zero-order valence-corrected chi connectivity index (χ0v) is 15.5. The van der Waals surface area contributed by atoms with Gasteiger partial charge in [-0.1, -0.05) is 0 Å². The second kappa shape index (κ2) is 7.27. The molecule has 1 aromatic heterocycles. The van der Waals surface area contributed by atoms with Gasteiger partial charge in [0.25, 0.3) is 0 Å². The molecule has 0 N–H and O–H groups in total. The molecule has 0 spiro atoms. The Kier molecular flexibility index (Phi) is 5.06. The maximum absolute atomic E-state index is 12.8. The molecule has 26 heavy (non-hydrogen) atoms. The summed E-state index contributed by atoms with van der Waals surface area (Å²) in [4.78, 5) is 4.19. The molecular formula is C17H20N6O2S. The van der Waals surface area contributed by atoms with Gasteiger partial charge in [0.05, 0.1) is 28.4 Å². The minimum atomic E-state index is -3.56. The van der Waals surface area contributed by atoms with Gasteiger partial charge < -0.3 is 9.80 Å². The smallest absolute Gasteiger partial charge is 0.243 e. The Morgan fingerprint density at radius 1 is 1.12 bits per heavy atom. The highest BCUT2D eigenvalue weighted by Gasteiger charge is 2.29. The number of rotatable bonds is 4. The summed E-state index contributed by atoms with van der Waals surface area (Å²) in [5.41, 5.74) is 1.38. The summed E-state index contributed by atoms with van der Waals surface area (Å²) in [6, 6.07) is 9.93. The van der Waals surface area contributed by atoms with Crippen LogP contribution < -0.4 is 9.80 Å². The lowest BCUT2D eigenvalue weighted by Crippen LogP contribution is -2.49. The van der Waals surface area contributed by atoms with E-state index >= 15 is 0 Å². The SMILES string of the molecule is CN(C)c1cnnc(N2CCN(S(=O)(=O)c3ccc(C#N)cc3)CC2)c1. The average Bonchev–Trinajstić information content (AvgIpc) is 2.68. The maximum Gasteiger partial charge on any atom is 0.243 e. The Bertz CT molecular complexity index is 913. The van der Waals surface area contributed by atoms with Gasteiger partial charge >= 0.3 is 0 Å². The molecule has 1 saturated heterocycles. The molecule has 1 aliphatic heterocycles. The Hall–Kier alpha value is -2.70. The molecule has 0 bridgehead atoms. The number of anilines is 2. The van der Waals surface area contributed by atoms with Crippen LogP contribution in [0, 0.1) is 11.3 Å². The lowest BCUT2D eigenvalue weighted by Gasteiger charge is -2.34. The monoisotopic (exact) mass is 372 g/mol. The van der Waals surface area contributed by atoms with Crippen LogP contribution in [0.25, 0.3) is 0 Å². The summed E-state index contributed by atoms with van der Waals surface area (Å²) in [6.07, 6.45) is 1.69. The van der Waals surface area contributed by atoms with Crippen molar-refractivity contribution in [2.75, 3.05) is 50.1 Å². The van der Waals surface area contributed by atoms with Crippen molar-refractivity contribution in [2.45, 2.75) is 4.90 Å². The van der Waals surface area contributed by atoms with E-state index in [9.17, 15) is 8.42 Å². The Balaban J connectivity index is 1.71. The van der Waals surface area contributed by atoms with Crippen molar-refractivity contribution >= 4 is 21.5 Å². The molecule has 0 atom stereocenters. The molecule has 0 aliphatic carbocycles. The number of hydrogen-bond acceptors (Lipinski definition) is 7. The van der Waals surface area contributed by atoms with Crippen LogP contribution in [0.5, 0.6) is 0 Å². The van der Waals surface area contributed by atoms with E-state index in [0.29, 0.717) is 31.7 Å². The molecular weight excluding hydrogens is 352 g/mol. The second-order valence-electron chi connectivity index (χ2n) is 6.19. The summed E-state index contributed by atoms with van der Waals surface area (Å²) < 4.78 is 27.0. The molecule has 1 fully saturated rings. The highest BCUT2D eigenvalue weighted by atomic mass is 32.2. The second-order valence-corrected chi connectivity index (χ2v) is 8.13. The summed E-state index contributed by atoms with van der Waals surface area (Å²) in [5.74, 6) is 0.742. The van der Waals surface area contributed by atoms with Crippen molar-refractivity contribution in [3.05, 3.63) is 42.1 Å². The van der Waals surface area contributed by atoms with Crippen LogP contribution in [0.3, 0.4) is 0 Å². The lowest BCUT2D eigenvalue weighted by atomic mass is 10.2. The summed E-state index contributed by atoms with van der Waals surface area (Å²) in [6.45, 7) is 1.83. The number of piperazine rings is 1. The predicted octanol–water partition coefficient (Wildman–Crippen LogP) is 0.925. The zero-order chi connectivity index (χ0) is 18.7. The minimum Gasteiger partial charge on any atom is -0.376 e.